The zero-order chi connectivity index (χ0) is 8.10. The Labute approximate surface area is 67.1 Å². The number of nitrogens with one attached hydrogen (secondary N) is 1. The van der Waals surface area contributed by atoms with Gasteiger partial charge in [-0.3, -0.25) is 0 Å². The van der Waals surface area contributed by atoms with Gasteiger partial charge in [-0.2, -0.15) is 10.4 Å². The smallest absolute Gasteiger partial charge is 0.0587 e. The van der Waals surface area contributed by atoms with Crippen LogP contribution in [0.1, 0.15) is 26.2 Å². The van der Waals surface area contributed by atoms with Gasteiger partial charge in [-0.05, 0) is 18.8 Å². The Morgan fingerprint density at radius 3 is 2.64 bits per heavy atom. The van der Waals surface area contributed by atoms with E-state index in [2.05, 4.69) is 10.5 Å². The summed E-state index contributed by atoms with van der Waals surface area (Å²) < 4.78 is 0. The molecular formula is C8H13N3. The van der Waals surface area contributed by atoms with E-state index < -0.39 is 0 Å². The summed E-state index contributed by atoms with van der Waals surface area (Å²) in [6.07, 6.45) is 3.98. The lowest BCUT2D eigenvalue weighted by atomic mass is 10.2. The summed E-state index contributed by atoms with van der Waals surface area (Å²) in [5, 5.41) is 11.5. The van der Waals surface area contributed by atoms with Crippen LogP contribution in [0.5, 0.6) is 0 Å². The molecule has 0 aromatic heterocycles. The molecule has 2 aliphatic rings. The highest BCUT2D eigenvalue weighted by molar-refractivity contribution is 5.89. The quantitative estimate of drug-likeness (QED) is 0.613. The topological polar surface area (TPSA) is 48.2 Å². The first-order chi connectivity index (χ1) is 5.38. The Morgan fingerprint density at radius 1 is 1.64 bits per heavy atom. The number of hydrogen-bond acceptors (Lipinski definition) is 3. The molecule has 0 atom stereocenters. The van der Waals surface area contributed by atoms with Gasteiger partial charge < -0.3 is 5.43 Å². The van der Waals surface area contributed by atoms with Crippen molar-refractivity contribution >= 4 is 5.71 Å². The van der Waals surface area contributed by atoms with E-state index in [1.54, 1.807) is 6.07 Å². The van der Waals surface area contributed by atoms with Crippen molar-refractivity contribution in [1.82, 2.24) is 5.43 Å². The molecule has 0 saturated heterocycles. The van der Waals surface area contributed by atoms with Gasteiger partial charge in [-0.1, -0.05) is 0 Å². The van der Waals surface area contributed by atoms with Gasteiger partial charge >= 0.3 is 0 Å². The summed E-state index contributed by atoms with van der Waals surface area (Å²) in [6, 6.07) is 1.75. The molecule has 0 bridgehead atoms. The summed E-state index contributed by atoms with van der Waals surface area (Å²) in [5.41, 5.74) is 4.40. The minimum Gasteiger partial charge on any atom is -0.310 e. The van der Waals surface area contributed by atoms with Gasteiger partial charge in [-0.25, -0.2) is 0 Å². The molecule has 1 fully saturated rings. The van der Waals surface area contributed by atoms with Crippen molar-refractivity contribution < 1.29 is 0 Å². The van der Waals surface area contributed by atoms with Crippen LogP contribution in [0.4, 0.5) is 0 Å². The third-order valence-corrected chi connectivity index (χ3v) is 1.76. The first-order valence-electron chi connectivity index (χ1n) is 3.98. The second-order valence-corrected chi connectivity index (χ2v) is 2.76. The Bertz CT molecular complexity index is 186. The van der Waals surface area contributed by atoms with E-state index in [0.29, 0.717) is 0 Å². The third kappa shape index (κ3) is 2.58. The molecule has 3 heteroatoms. The van der Waals surface area contributed by atoms with E-state index in [1.807, 2.05) is 0 Å². The molecule has 2 rings (SSSR count). The van der Waals surface area contributed by atoms with E-state index in [-0.39, 0.29) is 0 Å². The van der Waals surface area contributed by atoms with Crippen molar-refractivity contribution in [3.63, 3.8) is 0 Å². The van der Waals surface area contributed by atoms with E-state index in [0.717, 1.165) is 12.5 Å². The molecule has 0 amide bonds. The molecule has 1 aliphatic carbocycles. The SMILES string of the molecule is C1CC(C2CC2)=NN1.CC#N. The van der Waals surface area contributed by atoms with Crippen molar-refractivity contribution in [2.45, 2.75) is 26.2 Å². The number of rotatable bonds is 1. The molecule has 1 heterocycles. The molecule has 1 aliphatic heterocycles. The maximum absolute atomic E-state index is 7.32. The van der Waals surface area contributed by atoms with Crippen LogP contribution >= 0.6 is 0 Å². The zero-order valence-corrected chi connectivity index (χ0v) is 6.80. The number of nitriles is 1. The summed E-state index contributed by atoms with van der Waals surface area (Å²) in [4.78, 5) is 0. The van der Waals surface area contributed by atoms with Crippen LogP contribution in [-0.2, 0) is 0 Å². The average molecular weight is 151 g/mol. The lowest BCUT2D eigenvalue weighted by Gasteiger charge is -1.87. The lowest BCUT2D eigenvalue weighted by molar-refractivity contribution is 0.813. The zero-order valence-electron chi connectivity index (χ0n) is 6.80. The maximum Gasteiger partial charge on any atom is 0.0587 e. The van der Waals surface area contributed by atoms with Gasteiger partial charge in [0, 0.05) is 25.6 Å². The summed E-state index contributed by atoms with van der Waals surface area (Å²) in [5.74, 6) is 0.880. The van der Waals surface area contributed by atoms with Gasteiger partial charge in [-0.15, -0.1) is 0 Å². The molecule has 3 nitrogen and oxygen atoms in total. The van der Waals surface area contributed by atoms with Crippen molar-refractivity contribution in [2.75, 3.05) is 6.54 Å². The van der Waals surface area contributed by atoms with E-state index in [9.17, 15) is 0 Å². The molecule has 11 heavy (non-hydrogen) atoms. The van der Waals surface area contributed by atoms with Crippen LogP contribution < -0.4 is 5.43 Å². The Morgan fingerprint density at radius 2 is 2.27 bits per heavy atom. The molecule has 0 unspecified atom stereocenters. The normalized spacial score (nSPS) is 20.5. The first-order valence-corrected chi connectivity index (χ1v) is 3.98. The molecule has 0 radical (unpaired) electrons. The van der Waals surface area contributed by atoms with Crippen molar-refractivity contribution in [3.8, 4) is 6.07 Å². The average Bonchev–Trinajstić information content (AvgIpc) is 2.69. The Kier molecular flexibility index (Phi) is 2.91. The number of hydrogen-bond donors (Lipinski definition) is 1. The van der Waals surface area contributed by atoms with Gasteiger partial charge in [0.25, 0.3) is 0 Å². The molecule has 0 spiro atoms. The third-order valence-electron chi connectivity index (χ3n) is 1.76. The first kappa shape index (κ1) is 8.06. The van der Waals surface area contributed by atoms with Crippen LogP contribution in [0.3, 0.4) is 0 Å². The fourth-order valence-corrected chi connectivity index (χ4v) is 1.11. The Hall–Kier alpha value is -1.04. The fourth-order valence-electron chi connectivity index (χ4n) is 1.11. The van der Waals surface area contributed by atoms with E-state index >= 15 is 0 Å². The molecule has 1 N–H and O–H groups in total. The summed E-state index contributed by atoms with van der Waals surface area (Å²) in [7, 11) is 0. The largest absolute Gasteiger partial charge is 0.310 e. The highest BCUT2D eigenvalue weighted by atomic mass is 15.3. The second kappa shape index (κ2) is 3.97. The maximum atomic E-state index is 7.32. The standard InChI is InChI=1S/C6H10N2.C2H3N/c1-2-5(1)6-3-4-7-8-6;1-2-3/h5,7H,1-4H2;1H3. The van der Waals surface area contributed by atoms with Gasteiger partial charge in [0.2, 0.25) is 0 Å². The van der Waals surface area contributed by atoms with Crippen LogP contribution in [0.2, 0.25) is 0 Å². The lowest BCUT2D eigenvalue weighted by Crippen LogP contribution is -1.97. The van der Waals surface area contributed by atoms with Crippen LogP contribution in [0.25, 0.3) is 0 Å². The predicted molar refractivity (Wildman–Crippen MR) is 44.1 cm³/mol. The Balaban J connectivity index is 0.000000179. The molecule has 0 aromatic carbocycles. The minimum absolute atomic E-state index is 0.880. The van der Waals surface area contributed by atoms with Crippen LogP contribution in [0, 0.1) is 17.2 Å². The van der Waals surface area contributed by atoms with Crippen LogP contribution in [-0.4, -0.2) is 12.3 Å². The summed E-state index contributed by atoms with van der Waals surface area (Å²) >= 11 is 0. The second-order valence-electron chi connectivity index (χ2n) is 2.76. The van der Waals surface area contributed by atoms with Crippen molar-refractivity contribution in [1.29, 1.82) is 5.26 Å². The minimum atomic E-state index is 0.880. The summed E-state index contributed by atoms with van der Waals surface area (Å²) in [6.45, 7) is 2.51. The fraction of sp³-hybridized carbons (Fsp3) is 0.750. The van der Waals surface area contributed by atoms with Crippen molar-refractivity contribution in [2.24, 2.45) is 11.0 Å². The van der Waals surface area contributed by atoms with E-state index in [1.165, 1.54) is 31.9 Å². The molecule has 0 aromatic rings. The highest BCUT2D eigenvalue weighted by Gasteiger charge is 2.28. The monoisotopic (exact) mass is 151 g/mol. The molecule has 1 saturated carbocycles. The number of hydrazone groups is 1. The van der Waals surface area contributed by atoms with Gasteiger partial charge in [0.15, 0.2) is 0 Å². The molecular weight excluding hydrogens is 138 g/mol. The molecule has 60 valence electrons. The van der Waals surface area contributed by atoms with Crippen LogP contribution in [0.15, 0.2) is 5.10 Å². The predicted octanol–water partition coefficient (Wildman–Crippen LogP) is 1.28. The van der Waals surface area contributed by atoms with E-state index in [4.69, 9.17) is 5.26 Å². The highest BCUT2D eigenvalue weighted by Crippen LogP contribution is 2.32. The van der Waals surface area contributed by atoms with Gasteiger partial charge in [0.1, 0.15) is 0 Å². The van der Waals surface area contributed by atoms with Crippen molar-refractivity contribution in [3.05, 3.63) is 0 Å². The number of nitrogens with zero attached hydrogens (tertiary/aromatic N) is 2. The van der Waals surface area contributed by atoms with Gasteiger partial charge in [0.05, 0.1) is 6.07 Å².